The Morgan fingerprint density at radius 1 is 1.29 bits per heavy atom. The second kappa shape index (κ2) is 6.89. The van der Waals surface area contributed by atoms with Crippen molar-refractivity contribution in [2.75, 3.05) is 6.54 Å². The molecule has 4 nitrogen and oxygen atoms in total. The summed E-state index contributed by atoms with van der Waals surface area (Å²) in [6, 6.07) is 1.77. The summed E-state index contributed by atoms with van der Waals surface area (Å²) in [5.41, 5.74) is 0.690. The minimum atomic E-state index is -0.0167. The number of ketones is 1. The summed E-state index contributed by atoms with van der Waals surface area (Å²) in [6.07, 6.45) is 5.85. The van der Waals surface area contributed by atoms with Gasteiger partial charge in [0.05, 0.1) is 0 Å². The monoisotopic (exact) mass is 236 g/mol. The van der Waals surface area contributed by atoms with Gasteiger partial charge in [0.25, 0.3) is 0 Å². The molecule has 0 aromatic carbocycles. The van der Waals surface area contributed by atoms with Gasteiger partial charge in [-0.15, -0.1) is 0 Å². The first-order chi connectivity index (χ1) is 8.17. The predicted molar refractivity (Wildman–Crippen MR) is 67.0 cm³/mol. The second-order valence-electron chi connectivity index (χ2n) is 4.10. The maximum atomic E-state index is 11.6. The van der Waals surface area contributed by atoms with Crippen LogP contribution < -0.4 is 5.32 Å². The van der Waals surface area contributed by atoms with E-state index in [0.717, 1.165) is 12.8 Å². The van der Waals surface area contributed by atoms with Crippen LogP contribution >= 0.6 is 0 Å². The first-order valence-corrected chi connectivity index (χ1v) is 6.13. The first kappa shape index (κ1) is 13.5. The summed E-state index contributed by atoms with van der Waals surface area (Å²) in [4.78, 5) is 23.1. The van der Waals surface area contributed by atoms with E-state index >= 15 is 0 Å². The van der Waals surface area contributed by atoms with Crippen LogP contribution in [0.15, 0.2) is 18.5 Å². The van der Waals surface area contributed by atoms with Crippen molar-refractivity contribution in [3.8, 4) is 0 Å². The molecule has 1 aromatic rings. The summed E-state index contributed by atoms with van der Waals surface area (Å²) < 4.78 is 1.74. The van der Waals surface area contributed by atoms with Gasteiger partial charge in [0, 0.05) is 30.9 Å². The zero-order valence-corrected chi connectivity index (χ0v) is 10.5. The average Bonchev–Trinajstić information content (AvgIpc) is 2.75. The number of nitrogens with one attached hydrogen (secondary N) is 1. The fourth-order valence-electron chi connectivity index (χ4n) is 1.56. The number of carbonyl (C=O) groups excluding carboxylic acids is 2. The van der Waals surface area contributed by atoms with Gasteiger partial charge in [-0.3, -0.25) is 9.59 Å². The maximum Gasteiger partial charge on any atom is 0.239 e. The quantitative estimate of drug-likeness (QED) is 0.736. The number of carbonyl (C=O) groups is 2. The van der Waals surface area contributed by atoms with Gasteiger partial charge in [-0.05, 0) is 18.9 Å². The van der Waals surface area contributed by atoms with Crippen molar-refractivity contribution in [2.45, 2.75) is 39.7 Å². The molecule has 94 valence electrons. The van der Waals surface area contributed by atoms with Gasteiger partial charge in [-0.1, -0.05) is 13.8 Å². The number of hydrogen-bond acceptors (Lipinski definition) is 2. The van der Waals surface area contributed by atoms with Crippen LogP contribution in [0.4, 0.5) is 0 Å². The Morgan fingerprint density at radius 2 is 2.06 bits per heavy atom. The highest BCUT2D eigenvalue weighted by atomic mass is 16.2. The fourth-order valence-corrected chi connectivity index (χ4v) is 1.56. The Labute approximate surface area is 102 Å². The molecule has 0 aliphatic rings. The minimum absolute atomic E-state index is 0.0167. The van der Waals surface area contributed by atoms with Crippen LogP contribution in [-0.4, -0.2) is 22.8 Å². The Hall–Kier alpha value is -1.58. The first-order valence-electron chi connectivity index (χ1n) is 6.13. The number of rotatable bonds is 7. The van der Waals surface area contributed by atoms with Gasteiger partial charge >= 0.3 is 0 Å². The molecule has 0 radical (unpaired) electrons. The van der Waals surface area contributed by atoms with E-state index in [0.29, 0.717) is 18.5 Å². The van der Waals surface area contributed by atoms with Gasteiger partial charge in [0.1, 0.15) is 6.54 Å². The largest absolute Gasteiger partial charge is 0.355 e. The molecule has 4 heteroatoms. The molecule has 0 saturated heterocycles. The van der Waals surface area contributed by atoms with E-state index in [1.165, 1.54) is 0 Å². The van der Waals surface area contributed by atoms with Crippen molar-refractivity contribution in [3.63, 3.8) is 0 Å². The third-order valence-electron chi connectivity index (χ3n) is 2.45. The van der Waals surface area contributed by atoms with E-state index in [2.05, 4.69) is 5.32 Å². The molecular formula is C13H20N2O2. The smallest absolute Gasteiger partial charge is 0.239 e. The average molecular weight is 236 g/mol. The van der Waals surface area contributed by atoms with Gasteiger partial charge in [0.2, 0.25) is 5.91 Å². The summed E-state index contributed by atoms with van der Waals surface area (Å²) in [6.45, 7) is 4.96. The lowest BCUT2D eigenvalue weighted by molar-refractivity contribution is -0.121. The molecular weight excluding hydrogens is 216 g/mol. The highest BCUT2D eigenvalue weighted by Gasteiger charge is 2.07. The third-order valence-corrected chi connectivity index (χ3v) is 2.45. The Balaban J connectivity index is 2.50. The molecule has 0 spiro atoms. The number of aromatic nitrogens is 1. The van der Waals surface area contributed by atoms with E-state index in [-0.39, 0.29) is 18.2 Å². The SMILES string of the molecule is CCCNC(=O)Cn1ccc(C(=O)CCC)c1. The molecule has 0 atom stereocenters. The topological polar surface area (TPSA) is 51.1 Å². The normalized spacial score (nSPS) is 10.2. The minimum Gasteiger partial charge on any atom is -0.355 e. The van der Waals surface area contributed by atoms with Crippen molar-refractivity contribution in [1.29, 1.82) is 0 Å². The van der Waals surface area contributed by atoms with Crippen molar-refractivity contribution in [2.24, 2.45) is 0 Å². The second-order valence-corrected chi connectivity index (χ2v) is 4.10. The highest BCUT2D eigenvalue weighted by Crippen LogP contribution is 2.06. The molecule has 1 heterocycles. The molecule has 0 unspecified atom stereocenters. The van der Waals surface area contributed by atoms with E-state index in [1.54, 1.807) is 23.0 Å². The third kappa shape index (κ3) is 4.43. The summed E-state index contributed by atoms with van der Waals surface area (Å²) in [5.74, 6) is 0.122. The molecule has 0 saturated carbocycles. The molecule has 0 fully saturated rings. The molecule has 0 aliphatic heterocycles. The molecule has 1 amide bonds. The van der Waals surface area contributed by atoms with Crippen molar-refractivity contribution >= 4 is 11.7 Å². The fraction of sp³-hybridized carbons (Fsp3) is 0.538. The van der Waals surface area contributed by atoms with Crippen LogP contribution in [0.5, 0.6) is 0 Å². The van der Waals surface area contributed by atoms with Gasteiger partial charge in [-0.2, -0.15) is 0 Å². The standard InChI is InChI=1S/C13H20N2O2/c1-3-5-12(16)11-6-8-15(9-11)10-13(17)14-7-4-2/h6,8-9H,3-5,7,10H2,1-2H3,(H,14,17). The summed E-state index contributed by atoms with van der Waals surface area (Å²) in [7, 11) is 0. The van der Waals surface area contributed by atoms with Crippen LogP contribution in [0, 0.1) is 0 Å². The molecule has 1 N–H and O–H groups in total. The number of hydrogen-bond donors (Lipinski definition) is 1. The lowest BCUT2D eigenvalue weighted by Gasteiger charge is -2.04. The van der Waals surface area contributed by atoms with Crippen LogP contribution in [-0.2, 0) is 11.3 Å². The van der Waals surface area contributed by atoms with Crippen LogP contribution in [0.25, 0.3) is 0 Å². The number of amides is 1. The summed E-state index contributed by atoms with van der Waals surface area (Å²) in [5, 5.41) is 2.80. The number of nitrogens with zero attached hydrogens (tertiary/aromatic N) is 1. The zero-order valence-electron chi connectivity index (χ0n) is 10.5. The molecule has 1 aromatic heterocycles. The van der Waals surface area contributed by atoms with E-state index in [4.69, 9.17) is 0 Å². The maximum absolute atomic E-state index is 11.6. The van der Waals surface area contributed by atoms with Crippen molar-refractivity contribution in [3.05, 3.63) is 24.0 Å². The van der Waals surface area contributed by atoms with Crippen molar-refractivity contribution in [1.82, 2.24) is 9.88 Å². The zero-order chi connectivity index (χ0) is 12.7. The van der Waals surface area contributed by atoms with E-state index in [1.807, 2.05) is 13.8 Å². The number of Topliss-reactive ketones (excluding diaryl/α,β-unsaturated/α-hetero) is 1. The van der Waals surface area contributed by atoms with Crippen LogP contribution in [0.3, 0.4) is 0 Å². The Kier molecular flexibility index (Phi) is 5.46. The van der Waals surface area contributed by atoms with Gasteiger partial charge < -0.3 is 9.88 Å². The van der Waals surface area contributed by atoms with Crippen LogP contribution in [0.2, 0.25) is 0 Å². The molecule has 17 heavy (non-hydrogen) atoms. The highest BCUT2D eigenvalue weighted by molar-refractivity contribution is 5.95. The van der Waals surface area contributed by atoms with Crippen LogP contribution in [0.1, 0.15) is 43.5 Å². The molecule has 0 bridgehead atoms. The predicted octanol–water partition coefficient (Wildman–Crippen LogP) is 2.00. The van der Waals surface area contributed by atoms with Gasteiger partial charge in [0.15, 0.2) is 5.78 Å². The Morgan fingerprint density at radius 3 is 2.71 bits per heavy atom. The van der Waals surface area contributed by atoms with E-state index < -0.39 is 0 Å². The molecule has 1 rings (SSSR count). The molecule has 0 aliphatic carbocycles. The van der Waals surface area contributed by atoms with Crippen molar-refractivity contribution < 1.29 is 9.59 Å². The Bertz CT molecular complexity index is 383. The van der Waals surface area contributed by atoms with Gasteiger partial charge in [-0.25, -0.2) is 0 Å². The summed E-state index contributed by atoms with van der Waals surface area (Å²) >= 11 is 0. The lowest BCUT2D eigenvalue weighted by Crippen LogP contribution is -2.27. The van der Waals surface area contributed by atoms with E-state index in [9.17, 15) is 9.59 Å². The lowest BCUT2D eigenvalue weighted by atomic mass is 10.1.